The van der Waals surface area contributed by atoms with Crippen LogP contribution in [0.4, 0.5) is 14.6 Å². The van der Waals surface area contributed by atoms with Gasteiger partial charge >= 0.3 is 6.01 Å². The monoisotopic (exact) mass is 817 g/mol. The first-order valence-corrected chi connectivity index (χ1v) is 19.3. The first-order chi connectivity index (χ1) is 23.6. The molecule has 0 unspecified atom stereocenters. The second kappa shape index (κ2) is 11.9. The lowest BCUT2D eigenvalue weighted by Crippen LogP contribution is -2.43. The first kappa shape index (κ1) is 32.1. The van der Waals surface area contributed by atoms with Gasteiger partial charge in [0.1, 0.15) is 44.2 Å². The molecule has 0 amide bonds. The van der Waals surface area contributed by atoms with E-state index in [1.807, 2.05) is 24.0 Å². The highest BCUT2D eigenvalue weighted by Crippen LogP contribution is 2.49. The topological polar surface area (TPSA) is 113 Å². The fourth-order valence-corrected chi connectivity index (χ4v) is 11.1. The lowest BCUT2D eigenvalue weighted by Gasteiger charge is -2.31. The van der Waals surface area contributed by atoms with E-state index in [2.05, 4.69) is 37.7 Å². The Balaban J connectivity index is 1.25. The lowest BCUT2D eigenvalue weighted by atomic mass is 9.93. The molecule has 3 aliphatic heterocycles. The number of benzene rings is 2. The van der Waals surface area contributed by atoms with Gasteiger partial charge in [0.15, 0.2) is 0 Å². The number of halogens is 3. The van der Waals surface area contributed by atoms with Crippen molar-refractivity contribution in [2.45, 2.75) is 56.8 Å². The van der Waals surface area contributed by atoms with Crippen molar-refractivity contribution >= 4 is 92.6 Å². The van der Waals surface area contributed by atoms with Gasteiger partial charge in [0, 0.05) is 30.5 Å². The van der Waals surface area contributed by atoms with Crippen molar-refractivity contribution in [2.75, 3.05) is 50.9 Å². The number of anilines is 1. The van der Waals surface area contributed by atoms with E-state index in [4.69, 9.17) is 23.8 Å². The van der Waals surface area contributed by atoms with Gasteiger partial charge in [-0.2, -0.15) is 19.4 Å². The summed E-state index contributed by atoms with van der Waals surface area (Å²) in [6.07, 6.45) is 2.00. The Bertz CT molecular complexity index is 2280. The van der Waals surface area contributed by atoms with Crippen LogP contribution in [0.1, 0.15) is 38.7 Å². The third kappa shape index (κ3) is 5.21. The molecule has 2 N–H and O–H groups in total. The molecule has 49 heavy (non-hydrogen) atoms. The van der Waals surface area contributed by atoms with Crippen LogP contribution in [0.15, 0.2) is 18.2 Å². The van der Waals surface area contributed by atoms with Crippen LogP contribution in [0.2, 0.25) is 0 Å². The average Bonchev–Trinajstić information content (AvgIpc) is 3.86. The van der Waals surface area contributed by atoms with Crippen LogP contribution in [0.25, 0.3) is 52.5 Å². The molecule has 0 aliphatic carbocycles. The highest BCUT2D eigenvalue weighted by atomic mass is 127. The number of aromatic nitrogens is 5. The standard InChI is InChI=1S/C34H34F2IN7O3S2/c1-3-19-20(36)6-5-17-11-21-23(29(37)41-40-21)24(22(17)19)26-28-27(49-42-26)25-30(43-9-10-46-15-33(2,45)14-43)38-32(39-31(25)48-28)47-16-34-7-4-8-44(34)13-18(35)12-34/h5-6,11,18,45H,3-4,7-10,12-16H2,1-2H3,(H,40,41)/t18-,33+,34+/m1/s1. The summed E-state index contributed by atoms with van der Waals surface area (Å²) in [5.41, 5.74) is 1.57. The lowest BCUT2D eigenvalue weighted by molar-refractivity contribution is -0.0123. The molecule has 15 heteroatoms. The van der Waals surface area contributed by atoms with Crippen LogP contribution in [0, 0.1) is 9.52 Å². The fraction of sp³-hybridized carbons (Fsp3) is 0.471. The molecule has 0 bridgehead atoms. The largest absolute Gasteiger partial charge is 0.461 e. The molecule has 0 spiro atoms. The quantitative estimate of drug-likeness (QED) is 0.175. The molecular formula is C34H34F2IN7O3S2. The maximum atomic E-state index is 15.4. The summed E-state index contributed by atoms with van der Waals surface area (Å²) in [6.45, 7) is 6.81. The van der Waals surface area contributed by atoms with Gasteiger partial charge in [0.05, 0.1) is 45.6 Å². The van der Waals surface area contributed by atoms with Gasteiger partial charge in [0.25, 0.3) is 0 Å². The van der Waals surface area contributed by atoms with E-state index < -0.39 is 11.8 Å². The fourth-order valence-electron chi connectivity index (χ4n) is 8.18. The van der Waals surface area contributed by atoms with Crippen LogP contribution in [-0.2, 0) is 11.2 Å². The minimum Gasteiger partial charge on any atom is -0.461 e. The zero-order valence-corrected chi connectivity index (χ0v) is 30.8. The van der Waals surface area contributed by atoms with Crippen LogP contribution in [0.3, 0.4) is 0 Å². The smallest absolute Gasteiger partial charge is 0.319 e. The third-order valence-electron chi connectivity index (χ3n) is 10.3. The Morgan fingerprint density at radius 2 is 2.08 bits per heavy atom. The molecule has 10 nitrogen and oxygen atoms in total. The van der Waals surface area contributed by atoms with E-state index in [1.54, 1.807) is 6.92 Å². The van der Waals surface area contributed by atoms with Crippen molar-refractivity contribution in [3.05, 3.63) is 33.3 Å². The molecule has 2 aromatic carbocycles. The Morgan fingerprint density at radius 3 is 2.94 bits per heavy atom. The number of alkyl halides is 1. The maximum absolute atomic E-state index is 15.4. The van der Waals surface area contributed by atoms with Crippen LogP contribution < -0.4 is 9.64 Å². The number of thiophene rings is 1. The molecule has 7 heterocycles. The number of hydrogen-bond donors (Lipinski definition) is 2. The van der Waals surface area contributed by atoms with Crippen molar-refractivity contribution in [3.63, 3.8) is 0 Å². The van der Waals surface area contributed by atoms with E-state index in [9.17, 15) is 9.50 Å². The van der Waals surface area contributed by atoms with Crippen molar-refractivity contribution < 1.29 is 23.4 Å². The molecule has 9 rings (SSSR count). The molecule has 3 atom stereocenters. The number of hydrogen-bond acceptors (Lipinski definition) is 11. The molecule has 0 saturated carbocycles. The number of ether oxygens (including phenoxy) is 2. The van der Waals surface area contributed by atoms with Crippen LogP contribution in [-0.4, -0.2) is 97.9 Å². The second-order valence-corrected chi connectivity index (χ2v) is 16.6. The number of rotatable bonds is 6. The normalized spacial score (nSPS) is 24.9. The number of nitrogens with one attached hydrogen (secondary N) is 1. The summed E-state index contributed by atoms with van der Waals surface area (Å²) in [4.78, 5) is 15.0. The van der Waals surface area contributed by atoms with E-state index in [1.165, 1.54) is 28.9 Å². The second-order valence-electron chi connectivity index (χ2n) is 13.8. The zero-order valence-electron chi connectivity index (χ0n) is 27.0. The Kier molecular flexibility index (Phi) is 7.78. The van der Waals surface area contributed by atoms with Gasteiger partial charge in [-0.05, 0) is 95.3 Å². The van der Waals surface area contributed by atoms with Crippen molar-refractivity contribution in [3.8, 4) is 17.3 Å². The number of fused-ring (bicyclic) bond motifs is 6. The summed E-state index contributed by atoms with van der Waals surface area (Å²) in [5.74, 6) is 0.396. The molecule has 3 saturated heterocycles. The Morgan fingerprint density at radius 1 is 1.20 bits per heavy atom. The van der Waals surface area contributed by atoms with Gasteiger partial charge in [-0.3, -0.25) is 10.00 Å². The Labute approximate surface area is 302 Å². The predicted octanol–water partition coefficient (Wildman–Crippen LogP) is 6.85. The first-order valence-electron chi connectivity index (χ1n) is 16.6. The summed E-state index contributed by atoms with van der Waals surface area (Å²) < 4.78 is 49.9. The summed E-state index contributed by atoms with van der Waals surface area (Å²) in [5, 5.41) is 22.3. The number of H-pyrrole nitrogens is 1. The molecule has 4 aromatic heterocycles. The van der Waals surface area contributed by atoms with Crippen molar-refractivity contribution in [2.24, 2.45) is 0 Å². The number of aryl methyl sites for hydroxylation is 1. The minimum atomic E-state index is -1.10. The summed E-state index contributed by atoms with van der Waals surface area (Å²) in [6, 6.07) is 5.56. The molecular weight excluding hydrogens is 783 g/mol. The maximum Gasteiger partial charge on any atom is 0.319 e. The molecule has 256 valence electrons. The Hall–Kier alpha value is -2.83. The van der Waals surface area contributed by atoms with Crippen molar-refractivity contribution in [1.82, 2.24) is 29.4 Å². The van der Waals surface area contributed by atoms with E-state index in [0.717, 1.165) is 75.6 Å². The van der Waals surface area contributed by atoms with E-state index >= 15 is 4.39 Å². The summed E-state index contributed by atoms with van der Waals surface area (Å²) >= 11 is 5.12. The van der Waals surface area contributed by atoms with Gasteiger partial charge in [-0.25, -0.2) is 8.78 Å². The molecule has 6 aromatic rings. The van der Waals surface area contributed by atoms with Crippen LogP contribution >= 0.6 is 45.5 Å². The van der Waals surface area contributed by atoms with Crippen molar-refractivity contribution in [1.29, 1.82) is 0 Å². The van der Waals surface area contributed by atoms with E-state index in [0.29, 0.717) is 57.1 Å². The summed E-state index contributed by atoms with van der Waals surface area (Å²) in [7, 11) is 0. The highest BCUT2D eigenvalue weighted by Gasteiger charge is 2.49. The van der Waals surface area contributed by atoms with Gasteiger partial charge in [0.2, 0.25) is 0 Å². The minimum absolute atomic E-state index is 0.213. The average molecular weight is 818 g/mol. The number of aromatic amines is 1. The highest BCUT2D eigenvalue weighted by molar-refractivity contribution is 14.1. The van der Waals surface area contributed by atoms with Gasteiger partial charge < -0.3 is 19.5 Å². The molecule has 0 radical (unpaired) electrons. The van der Waals surface area contributed by atoms with Crippen LogP contribution in [0.5, 0.6) is 6.01 Å². The third-order valence-corrected chi connectivity index (χ3v) is 13.2. The predicted molar refractivity (Wildman–Crippen MR) is 197 cm³/mol. The molecule has 3 aliphatic rings. The van der Waals surface area contributed by atoms with Gasteiger partial charge in [-0.15, -0.1) is 11.3 Å². The van der Waals surface area contributed by atoms with Gasteiger partial charge in [-0.1, -0.05) is 13.0 Å². The molecule has 3 fully saturated rings. The van der Waals surface area contributed by atoms with E-state index in [-0.39, 0.29) is 24.0 Å². The number of nitrogens with zero attached hydrogens (tertiary/aromatic N) is 6. The SMILES string of the molecule is CCc1c(F)ccc2cc3n[nH]c(I)c3c(-c3nsc4c3sc3nc(OC[C@@]56CCCN5C[C@H](F)C6)nc(N5CCOC[C@@](C)(O)C5)c34)c12. The number of aliphatic hydroxyl groups is 1. The zero-order chi connectivity index (χ0) is 33.7. The number of β-amino-alcohol motifs (C(OH)–C–C–N with tert-alkyl or cyclic N) is 1.